The van der Waals surface area contributed by atoms with Crippen LogP contribution in [-0.2, 0) is 4.79 Å². The molecule has 130 valence electrons. The van der Waals surface area contributed by atoms with Crippen LogP contribution >= 0.6 is 35.7 Å². The quantitative estimate of drug-likeness (QED) is 0.713. The number of rotatable bonds is 2. The van der Waals surface area contributed by atoms with Gasteiger partial charge >= 0.3 is 0 Å². The number of hydrogen-bond acceptors (Lipinski definition) is 4. The maximum atomic E-state index is 12.8. The second-order valence-electron chi connectivity index (χ2n) is 6.44. The zero-order valence-corrected chi connectivity index (χ0v) is 16.5. The number of anilines is 1. The van der Waals surface area contributed by atoms with Crippen molar-refractivity contribution in [2.75, 3.05) is 36.0 Å². The number of amides is 1. The predicted molar refractivity (Wildman–Crippen MR) is 109 cm³/mol. The number of para-hydroxylation sites is 1. The second-order valence-corrected chi connectivity index (χ2v) is 9.19. The monoisotopic (exact) mass is 380 g/mol. The molecule has 0 atom stereocenters. The van der Waals surface area contributed by atoms with Crippen LogP contribution in [0.4, 0.5) is 5.69 Å². The first-order chi connectivity index (χ1) is 11.6. The molecular weight excluding hydrogens is 356 g/mol. The van der Waals surface area contributed by atoms with E-state index >= 15 is 0 Å². The van der Waals surface area contributed by atoms with Gasteiger partial charge in [0.2, 0.25) is 5.91 Å². The van der Waals surface area contributed by atoms with Crippen molar-refractivity contribution >= 4 is 51.7 Å². The molecular formula is C18H24N2OS3. The first-order valence-electron chi connectivity index (χ1n) is 8.59. The number of hydrogen-bond donors (Lipinski definition) is 0. The van der Waals surface area contributed by atoms with Crippen molar-refractivity contribution in [2.24, 2.45) is 5.92 Å². The molecule has 1 saturated heterocycles. The van der Waals surface area contributed by atoms with E-state index in [1.54, 1.807) is 0 Å². The zero-order valence-electron chi connectivity index (χ0n) is 14.1. The smallest absolute Gasteiger partial charge is 0.237 e. The maximum absolute atomic E-state index is 12.8. The van der Waals surface area contributed by atoms with Crippen molar-refractivity contribution < 1.29 is 4.79 Å². The minimum atomic E-state index is 0.169. The van der Waals surface area contributed by atoms with Gasteiger partial charge in [0.25, 0.3) is 0 Å². The van der Waals surface area contributed by atoms with Gasteiger partial charge in [-0.25, -0.2) is 0 Å². The summed E-state index contributed by atoms with van der Waals surface area (Å²) in [6.07, 6.45) is 3.43. The highest BCUT2D eigenvalue weighted by molar-refractivity contribution is 8.23. The van der Waals surface area contributed by atoms with Crippen molar-refractivity contribution in [3.63, 3.8) is 0 Å². The number of piperidine rings is 1. The number of carbonyl (C=O) groups is 1. The summed E-state index contributed by atoms with van der Waals surface area (Å²) in [5.41, 5.74) is 1.06. The van der Waals surface area contributed by atoms with Crippen LogP contribution in [-0.4, -0.2) is 46.3 Å². The molecule has 0 saturated carbocycles. The Labute approximate surface area is 158 Å². The Bertz CT molecular complexity index is 600. The highest BCUT2D eigenvalue weighted by Crippen LogP contribution is 2.34. The van der Waals surface area contributed by atoms with Crippen LogP contribution in [0.1, 0.15) is 26.2 Å². The van der Waals surface area contributed by atoms with Crippen LogP contribution in [0.25, 0.3) is 0 Å². The molecule has 2 aliphatic heterocycles. The summed E-state index contributed by atoms with van der Waals surface area (Å²) < 4.78 is 0.882. The first-order valence-corrected chi connectivity index (χ1v) is 11.0. The number of fused-ring (bicyclic) bond motifs is 1. The number of thioether (sulfide) groups is 2. The molecule has 2 heterocycles. The molecule has 0 aliphatic carbocycles. The van der Waals surface area contributed by atoms with Crippen LogP contribution in [0.15, 0.2) is 29.2 Å². The highest BCUT2D eigenvalue weighted by atomic mass is 32.2. The summed E-state index contributed by atoms with van der Waals surface area (Å²) in [7, 11) is 0. The minimum absolute atomic E-state index is 0.169. The van der Waals surface area contributed by atoms with Gasteiger partial charge in [0.05, 0.1) is 11.4 Å². The molecule has 0 unspecified atom stereocenters. The molecule has 1 aromatic carbocycles. The summed E-state index contributed by atoms with van der Waals surface area (Å²) in [4.78, 5) is 18.2. The van der Waals surface area contributed by atoms with Gasteiger partial charge in [-0.15, -0.1) is 11.8 Å². The van der Waals surface area contributed by atoms with Gasteiger partial charge in [-0.3, -0.25) is 4.79 Å². The van der Waals surface area contributed by atoms with Crippen molar-refractivity contribution in [1.29, 1.82) is 0 Å². The van der Waals surface area contributed by atoms with E-state index in [4.69, 9.17) is 12.2 Å². The summed E-state index contributed by atoms with van der Waals surface area (Å²) in [6, 6.07) is 8.22. The Morgan fingerprint density at radius 1 is 1.29 bits per heavy atom. The lowest BCUT2D eigenvalue weighted by Gasteiger charge is -2.32. The van der Waals surface area contributed by atoms with Gasteiger partial charge < -0.3 is 9.80 Å². The minimum Gasteiger partial charge on any atom is -0.357 e. The van der Waals surface area contributed by atoms with Crippen LogP contribution in [0, 0.1) is 5.92 Å². The van der Waals surface area contributed by atoms with Crippen LogP contribution in [0.5, 0.6) is 0 Å². The molecule has 1 aromatic rings. The average molecular weight is 381 g/mol. The molecule has 0 radical (unpaired) electrons. The van der Waals surface area contributed by atoms with E-state index in [1.165, 1.54) is 29.5 Å². The highest BCUT2D eigenvalue weighted by Gasteiger charge is 2.23. The lowest BCUT2D eigenvalue weighted by Crippen LogP contribution is -2.37. The molecule has 0 bridgehead atoms. The molecule has 0 spiro atoms. The SMILES string of the molecule is CC1CCN(C(=S)SCC(=O)N2CCCSc3ccccc32)CC1. The standard InChI is InChI=1S/C18H24N2OS3/c1-14-7-10-19(11-8-14)18(22)24-13-17(21)20-9-4-12-23-16-6-3-2-5-15(16)20/h2-3,5-6,14H,4,7-13H2,1H3. The lowest BCUT2D eigenvalue weighted by molar-refractivity contribution is -0.116. The van der Waals surface area contributed by atoms with Gasteiger partial charge in [-0.05, 0) is 43.1 Å². The Hall–Kier alpha value is -0.720. The van der Waals surface area contributed by atoms with Crippen LogP contribution < -0.4 is 4.90 Å². The van der Waals surface area contributed by atoms with Crippen molar-refractivity contribution in [2.45, 2.75) is 31.1 Å². The van der Waals surface area contributed by atoms with E-state index < -0.39 is 0 Å². The Balaban J connectivity index is 1.58. The zero-order chi connectivity index (χ0) is 16.9. The van der Waals surface area contributed by atoms with E-state index in [2.05, 4.69) is 24.0 Å². The summed E-state index contributed by atoms with van der Waals surface area (Å²) >= 11 is 8.92. The van der Waals surface area contributed by atoms with Crippen molar-refractivity contribution in [3.8, 4) is 0 Å². The fraction of sp³-hybridized carbons (Fsp3) is 0.556. The normalized spacial score (nSPS) is 18.9. The maximum Gasteiger partial charge on any atom is 0.237 e. The van der Waals surface area contributed by atoms with Crippen molar-refractivity contribution in [1.82, 2.24) is 4.90 Å². The molecule has 3 rings (SSSR count). The molecule has 6 heteroatoms. The Morgan fingerprint density at radius 3 is 2.83 bits per heavy atom. The van der Waals surface area contributed by atoms with E-state index in [0.717, 1.165) is 47.7 Å². The lowest BCUT2D eigenvalue weighted by atomic mass is 10.00. The largest absolute Gasteiger partial charge is 0.357 e. The predicted octanol–water partition coefficient (Wildman–Crippen LogP) is 4.27. The van der Waals surface area contributed by atoms with Gasteiger partial charge in [0, 0.05) is 24.5 Å². The fourth-order valence-corrected chi connectivity index (χ4v) is 5.19. The number of nitrogens with zero attached hydrogens (tertiary/aromatic N) is 2. The summed E-state index contributed by atoms with van der Waals surface area (Å²) in [5.74, 6) is 2.46. The van der Waals surface area contributed by atoms with E-state index in [0.29, 0.717) is 5.75 Å². The number of carbonyl (C=O) groups excluding carboxylic acids is 1. The molecule has 1 fully saturated rings. The summed E-state index contributed by atoms with van der Waals surface area (Å²) in [5, 5.41) is 0. The van der Waals surface area contributed by atoms with E-state index in [-0.39, 0.29) is 5.91 Å². The third-order valence-electron chi connectivity index (χ3n) is 4.60. The molecule has 0 aromatic heterocycles. The topological polar surface area (TPSA) is 23.6 Å². The number of likely N-dealkylation sites (tertiary alicyclic amines) is 1. The molecule has 24 heavy (non-hydrogen) atoms. The van der Waals surface area contributed by atoms with Crippen LogP contribution in [0.3, 0.4) is 0 Å². The molecule has 1 amide bonds. The van der Waals surface area contributed by atoms with Gasteiger partial charge in [0.1, 0.15) is 4.32 Å². The van der Waals surface area contributed by atoms with Gasteiger partial charge in [-0.2, -0.15) is 0 Å². The van der Waals surface area contributed by atoms with Gasteiger partial charge in [-0.1, -0.05) is 43.0 Å². The summed E-state index contributed by atoms with van der Waals surface area (Å²) in [6.45, 7) is 5.16. The molecule has 0 N–H and O–H groups in total. The van der Waals surface area contributed by atoms with Gasteiger partial charge in [0.15, 0.2) is 0 Å². The second kappa shape index (κ2) is 8.59. The molecule has 3 nitrogen and oxygen atoms in total. The van der Waals surface area contributed by atoms with E-state index in [1.807, 2.05) is 28.8 Å². The Morgan fingerprint density at radius 2 is 2.04 bits per heavy atom. The fourth-order valence-electron chi connectivity index (χ4n) is 3.07. The number of benzene rings is 1. The first kappa shape index (κ1) is 18.1. The third-order valence-corrected chi connectivity index (χ3v) is 7.26. The molecule has 2 aliphatic rings. The van der Waals surface area contributed by atoms with Crippen molar-refractivity contribution in [3.05, 3.63) is 24.3 Å². The Kier molecular flexibility index (Phi) is 6.47. The third kappa shape index (κ3) is 4.46. The van der Waals surface area contributed by atoms with Crippen LogP contribution in [0.2, 0.25) is 0 Å². The number of thiocarbonyl (C=S) groups is 1. The van der Waals surface area contributed by atoms with E-state index in [9.17, 15) is 4.79 Å². The average Bonchev–Trinajstić information content (AvgIpc) is 2.82.